The topological polar surface area (TPSA) is 9.23 Å². The van der Waals surface area contributed by atoms with Crippen LogP contribution in [0.4, 0.5) is 0 Å². The van der Waals surface area contributed by atoms with Crippen LogP contribution in [-0.4, -0.2) is 17.5 Å². The summed E-state index contributed by atoms with van der Waals surface area (Å²) in [4.78, 5) is 1.36. The molecule has 1 saturated heterocycles. The Hall–Kier alpha value is -0.470. The number of thioether (sulfide) groups is 1. The quantitative estimate of drug-likeness (QED) is 0.749. The maximum Gasteiger partial charge on any atom is 0.0779 e. The molecule has 1 aromatic carbocycles. The summed E-state index contributed by atoms with van der Waals surface area (Å²) in [5, 5.41) is 0.564. The van der Waals surface area contributed by atoms with Gasteiger partial charge in [0.15, 0.2) is 0 Å². The van der Waals surface area contributed by atoms with E-state index < -0.39 is 0 Å². The Bertz CT molecular complexity index is 390. The maximum absolute atomic E-state index is 6.17. The first-order valence-electron chi connectivity index (χ1n) is 7.37. The summed E-state index contributed by atoms with van der Waals surface area (Å²) in [5.41, 5.74) is 0.0319. The lowest BCUT2D eigenvalue weighted by Gasteiger charge is -2.32. The molecular formula is C17H26OS. The molecule has 2 rings (SSSR count). The third kappa shape index (κ3) is 3.76. The minimum absolute atomic E-state index is 0.0319. The third-order valence-corrected chi connectivity index (χ3v) is 5.78. The van der Waals surface area contributed by atoms with Gasteiger partial charge >= 0.3 is 0 Å². The predicted octanol–water partition coefficient (Wildman–Crippen LogP) is 5.01. The second-order valence-electron chi connectivity index (χ2n) is 6.38. The molecule has 0 saturated carbocycles. The number of rotatable bonds is 5. The van der Waals surface area contributed by atoms with Crippen molar-refractivity contribution in [3.05, 3.63) is 30.3 Å². The number of benzene rings is 1. The molecule has 1 aliphatic heterocycles. The van der Waals surface area contributed by atoms with E-state index in [1.54, 1.807) is 0 Å². The van der Waals surface area contributed by atoms with Gasteiger partial charge in [0.05, 0.1) is 12.2 Å². The smallest absolute Gasteiger partial charge is 0.0779 e. The zero-order chi connectivity index (χ0) is 13.9. The molecule has 0 amide bonds. The average molecular weight is 278 g/mol. The molecule has 19 heavy (non-hydrogen) atoms. The fraction of sp³-hybridized carbons (Fsp3) is 0.647. The number of hydrogen-bond donors (Lipinski definition) is 0. The molecule has 0 aromatic heterocycles. The van der Waals surface area contributed by atoms with Crippen LogP contribution in [0, 0.1) is 11.8 Å². The van der Waals surface area contributed by atoms with Gasteiger partial charge in [-0.1, -0.05) is 39.0 Å². The number of ether oxygens (including phenoxy) is 1. The zero-order valence-electron chi connectivity index (χ0n) is 12.6. The van der Waals surface area contributed by atoms with Crippen LogP contribution in [0.25, 0.3) is 0 Å². The molecule has 1 aliphatic rings. The standard InChI is InChI=1S/C17H26OS/c1-13(2)10-11-17(4)16(14(3)12-18-17)19-15-8-6-5-7-9-15/h5-9,13-14,16H,10-12H2,1-4H3/t14-,16-,17+/m0/s1. The van der Waals surface area contributed by atoms with E-state index in [9.17, 15) is 0 Å². The van der Waals surface area contributed by atoms with Crippen molar-refractivity contribution in [1.29, 1.82) is 0 Å². The zero-order valence-corrected chi connectivity index (χ0v) is 13.4. The van der Waals surface area contributed by atoms with Crippen LogP contribution < -0.4 is 0 Å². The minimum atomic E-state index is 0.0319. The van der Waals surface area contributed by atoms with Crippen LogP contribution in [0.5, 0.6) is 0 Å². The van der Waals surface area contributed by atoms with Gasteiger partial charge in [0, 0.05) is 10.1 Å². The van der Waals surface area contributed by atoms with Crippen molar-refractivity contribution in [2.45, 2.75) is 56.3 Å². The first kappa shape index (κ1) is 14.9. The predicted molar refractivity (Wildman–Crippen MR) is 83.7 cm³/mol. The maximum atomic E-state index is 6.17. The lowest BCUT2D eigenvalue weighted by Crippen LogP contribution is -2.36. The molecule has 0 aliphatic carbocycles. The summed E-state index contributed by atoms with van der Waals surface area (Å²) in [6, 6.07) is 10.7. The molecule has 1 aromatic rings. The molecule has 2 heteroatoms. The molecule has 0 bridgehead atoms. The molecule has 3 atom stereocenters. The van der Waals surface area contributed by atoms with Crippen molar-refractivity contribution >= 4 is 11.8 Å². The molecule has 106 valence electrons. The Morgan fingerprint density at radius 3 is 2.63 bits per heavy atom. The highest BCUT2D eigenvalue weighted by Gasteiger charge is 2.44. The first-order valence-corrected chi connectivity index (χ1v) is 8.25. The molecule has 1 fully saturated rings. The van der Waals surface area contributed by atoms with Gasteiger partial charge < -0.3 is 4.74 Å². The average Bonchev–Trinajstić information content (AvgIpc) is 2.67. The van der Waals surface area contributed by atoms with Crippen molar-refractivity contribution < 1.29 is 4.74 Å². The Balaban J connectivity index is 2.06. The van der Waals surface area contributed by atoms with E-state index in [0.29, 0.717) is 11.2 Å². The van der Waals surface area contributed by atoms with Crippen molar-refractivity contribution in [3.8, 4) is 0 Å². The molecule has 0 N–H and O–H groups in total. The Morgan fingerprint density at radius 1 is 1.32 bits per heavy atom. The van der Waals surface area contributed by atoms with Crippen LogP contribution in [0.1, 0.15) is 40.5 Å². The summed E-state index contributed by atoms with van der Waals surface area (Å²) >= 11 is 1.99. The van der Waals surface area contributed by atoms with E-state index in [1.807, 2.05) is 11.8 Å². The summed E-state index contributed by atoms with van der Waals surface area (Å²) in [7, 11) is 0. The van der Waals surface area contributed by atoms with Gasteiger partial charge in [-0.2, -0.15) is 0 Å². The van der Waals surface area contributed by atoms with Crippen LogP contribution >= 0.6 is 11.8 Å². The molecule has 0 radical (unpaired) electrons. The van der Waals surface area contributed by atoms with Crippen molar-refractivity contribution in [3.63, 3.8) is 0 Å². The van der Waals surface area contributed by atoms with E-state index in [0.717, 1.165) is 12.5 Å². The number of hydrogen-bond acceptors (Lipinski definition) is 2. The van der Waals surface area contributed by atoms with E-state index in [-0.39, 0.29) is 5.60 Å². The van der Waals surface area contributed by atoms with E-state index in [4.69, 9.17) is 4.74 Å². The Morgan fingerprint density at radius 2 is 2.00 bits per heavy atom. The van der Waals surface area contributed by atoms with Gasteiger partial charge in [-0.25, -0.2) is 0 Å². The summed E-state index contributed by atoms with van der Waals surface area (Å²) in [6.45, 7) is 10.1. The van der Waals surface area contributed by atoms with Crippen molar-refractivity contribution in [2.75, 3.05) is 6.61 Å². The van der Waals surface area contributed by atoms with E-state index >= 15 is 0 Å². The van der Waals surface area contributed by atoms with Gasteiger partial charge in [0.2, 0.25) is 0 Å². The third-order valence-electron chi connectivity index (χ3n) is 4.02. The van der Waals surface area contributed by atoms with Crippen molar-refractivity contribution in [1.82, 2.24) is 0 Å². The highest BCUT2D eigenvalue weighted by Crippen LogP contribution is 2.44. The SMILES string of the molecule is CC(C)CC[C@@]1(C)OC[C@H](C)[C@@H]1Sc1ccccc1. The largest absolute Gasteiger partial charge is 0.374 e. The lowest BCUT2D eigenvalue weighted by molar-refractivity contribution is 0.0111. The Labute approximate surface area is 122 Å². The fourth-order valence-electron chi connectivity index (χ4n) is 2.77. The molecule has 1 nitrogen and oxygen atoms in total. The van der Waals surface area contributed by atoms with Gasteiger partial charge in [0.25, 0.3) is 0 Å². The van der Waals surface area contributed by atoms with Gasteiger partial charge in [0.1, 0.15) is 0 Å². The van der Waals surface area contributed by atoms with Crippen LogP contribution in [-0.2, 0) is 4.74 Å². The van der Waals surface area contributed by atoms with Crippen molar-refractivity contribution in [2.24, 2.45) is 11.8 Å². The van der Waals surface area contributed by atoms with Crippen LogP contribution in [0.15, 0.2) is 35.2 Å². The second kappa shape index (κ2) is 6.32. The monoisotopic (exact) mass is 278 g/mol. The van der Waals surface area contributed by atoms with Gasteiger partial charge in [-0.15, -0.1) is 11.8 Å². The normalized spacial score (nSPS) is 31.0. The summed E-state index contributed by atoms with van der Waals surface area (Å²) in [6.07, 6.45) is 2.41. The second-order valence-corrected chi connectivity index (χ2v) is 7.60. The van der Waals surface area contributed by atoms with E-state index in [2.05, 4.69) is 58.0 Å². The highest BCUT2D eigenvalue weighted by molar-refractivity contribution is 8.00. The van der Waals surface area contributed by atoms with Crippen LogP contribution in [0.2, 0.25) is 0 Å². The van der Waals surface area contributed by atoms with E-state index in [1.165, 1.54) is 17.7 Å². The van der Waals surface area contributed by atoms with Gasteiger partial charge in [-0.05, 0) is 43.7 Å². The molecule has 1 heterocycles. The lowest BCUT2D eigenvalue weighted by atomic mass is 9.89. The molecule has 0 unspecified atom stereocenters. The minimum Gasteiger partial charge on any atom is -0.374 e. The molecular weight excluding hydrogens is 252 g/mol. The fourth-order valence-corrected chi connectivity index (χ4v) is 4.12. The highest BCUT2D eigenvalue weighted by atomic mass is 32.2. The first-order chi connectivity index (χ1) is 9.01. The van der Waals surface area contributed by atoms with Gasteiger partial charge in [-0.3, -0.25) is 0 Å². The summed E-state index contributed by atoms with van der Waals surface area (Å²) < 4.78 is 6.17. The summed E-state index contributed by atoms with van der Waals surface area (Å²) in [5.74, 6) is 1.38. The van der Waals surface area contributed by atoms with Crippen LogP contribution in [0.3, 0.4) is 0 Å². The molecule has 0 spiro atoms. The Kier molecular flexibility index (Phi) is 4.97.